The second-order valence-corrected chi connectivity index (χ2v) is 9.36. The van der Waals surface area contributed by atoms with Gasteiger partial charge in [-0.05, 0) is 0 Å². The van der Waals surface area contributed by atoms with Crippen molar-refractivity contribution in [3.05, 3.63) is 0 Å². The molecule has 0 radical (unpaired) electrons. The standard InChI is InChI=1S/C10H18O2Se2/c1-3-5-7-9(11)13-14-10(12)8-6-4-2/h3-8H2,1-2H3. The Labute approximate surface area is 97.5 Å². The fourth-order valence-corrected chi connectivity index (χ4v) is 6.01. The summed E-state index contributed by atoms with van der Waals surface area (Å²) >= 11 is -0.0417. The van der Waals surface area contributed by atoms with Crippen LogP contribution >= 0.6 is 0 Å². The normalized spacial score (nSPS) is 10.1. The Morgan fingerprint density at radius 1 is 0.857 bits per heavy atom. The van der Waals surface area contributed by atoms with Gasteiger partial charge in [0.2, 0.25) is 0 Å². The molecule has 0 aromatic heterocycles. The molecule has 0 unspecified atom stereocenters. The van der Waals surface area contributed by atoms with E-state index in [4.69, 9.17) is 0 Å². The van der Waals surface area contributed by atoms with Crippen molar-refractivity contribution in [3.63, 3.8) is 0 Å². The summed E-state index contributed by atoms with van der Waals surface area (Å²) in [5, 5.41) is 0. The molecule has 4 heteroatoms. The molecule has 0 bridgehead atoms. The predicted octanol–water partition coefficient (Wildman–Crippen LogP) is 1.74. The maximum atomic E-state index is 11.3. The molecule has 82 valence electrons. The Kier molecular flexibility index (Phi) is 10.2. The number of unbranched alkanes of at least 4 members (excludes halogenated alkanes) is 2. The minimum absolute atomic E-state index is 0.0208. The van der Waals surface area contributed by atoms with Crippen LogP contribution in [0.3, 0.4) is 0 Å². The minimum atomic E-state index is -0.0208. The molecular formula is C10H18O2Se2. The van der Waals surface area contributed by atoms with Crippen molar-refractivity contribution in [3.8, 4) is 0 Å². The fourth-order valence-electron chi connectivity index (χ4n) is 0.819. The maximum absolute atomic E-state index is 11.3. The van der Waals surface area contributed by atoms with Crippen LogP contribution in [0.4, 0.5) is 0 Å². The first-order chi connectivity index (χ1) is 6.70. The summed E-state index contributed by atoms with van der Waals surface area (Å²) < 4.78 is 0.674. The zero-order chi connectivity index (χ0) is 10.8. The molecule has 0 aliphatic carbocycles. The Morgan fingerprint density at radius 3 is 1.50 bits per heavy atom. The van der Waals surface area contributed by atoms with E-state index in [0.29, 0.717) is 22.2 Å². The molecule has 0 saturated heterocycles. The van der Waals surface area contributed by atoms with E-state index in [1.54, 1.807) is 0 Å². The van der Waals surface area contributed by atoms with Gasteiger partial charge in [-0.25, -0.2) is 0 Å². The Hall–Kier alpha value is 0.379. The van der Waals surface area contributed by atoms with Gasteiger partial charge in [-0.1, -0.05) is 0 Å². The molecule has 0 N–H and O–H groups in total. The van der Waals surface area contributed by atoms with Crippen molar-refractivity contribution in [1.82, 2.24) is 0 Å². The Morgan fingerprint density at radius 2 is 1.21 bits per heavy atom. The molecule has 0 heterocycles. The van der Waals surface area contributed by atoms with Crippen LogP contribution in [-0.2, 0) is 9.59 Å². The van der Waals surface area contributed by atoms with Gasteiger partial charge in [-0.3, -0.25) is 0 Å². The molecule has 14 heavy (non-hydrogen) atoms. The molecule has 0 spiro atoms. The van der Waals surface area contributed by atoms with Crippen LogP contribution in [0.5, 0.6) is 0 Å². The van der Waals surface area contributed by atoms with E-state index in [9.17, 15) is 9.59 Å². The molecule has 0 rings (SSSR count). The van der Waals surface area contributed by atoms with E-state index < -0.39 is 0 Å². The average molecular weight is 328 g/mol. The molecule has 0 saturated carbocycles. The number of hydrogen-bond donors (Lipinski definition) is 0. The third-order valence-corrected chi connectivity index (χ3v) is 8.47. The zero-order valence-electron chi connectivity index (χ0n) is 8.88. The third kappa shape index (κ3) is 8.95. The van der Waals surface area contributed by atoms with Crippen molar-refractivity contribution in [2.45, 2.75) is 52.4 Å². The van der Waals surface area contributed by atoms with Crippen LogP contribution in [0, 0.1) is 0 Å². The molecule has 0 aliphatic rings. The molecular weight excluding hydrogens is 310 g/mol. The van der Waals surface area contributed by atoms with Gasteiger partial charge < -0.3 is 0 Å². The monoisotopic (exact) mass is 330 g/mol. The van der Waals surface area contributed by atoms with Gasteiger partial charge in [0.05, 0.1) is 0 Å². The van der Waals surface area contributed by atoms with E-state index in [-0.39, 0.29) is 26.3 Å². The number of carbonyl (C=O) groups is 2. The molecule has 0 aromatic rings. The summed E-state index contributed by atoms with van der Waals surface area (Å²) in [4.78, 5) is 22.5. The van der Waals surface area contributed by atoms with Crippen molar-refractivity contribution < 1.29 is 9.59 Å². The van der Waals surface area contributed by atoms with Gasteiger partial charge in [0.15, 0.2) is 0 Å². The van der Waals surface area contributed by atoms with E-state index in [1.807, 2.05) is 0 Å². The van der Waals surface area contributed by atoms with Crippen LogP contribution < -0.4 is 0 Å². The first kappa shape index (κ1) is 14.4. The van der Waals surface area contributed by atoms with Crippen molar-refractivity contribution >= 4 is 35.6 Å². The van der Waals surface area contributed by atoms with Gasteiger partial charge in [0, 0.05) is 0 Å². The van der Waals surface area contributed by atoms with Crippen LogP contribution in [0.2, 0.25) is 0 Å². The van der Waals surface area contributed by atoms with Crippen molar-refractivity contribution in [2.24, 2.45) is 0 Å². The van der Waals surface area contributed by atoms with E-state index in [2.05, 4.69) is 13.8 Å². The first-order valence-electron chi connectivity index (χ1n) is 5.10. The molecule has 2 nitrogen and oxygen atoms in total. The van der Waals surface area contributed by atoms with E-state index in [1.165, 1.54) is 0 Å². The first-order valence-corrected chi connectivity index (χ1v) is 11.2. The summed E-state index contributed by atoms with van der Waals surface area (Å²) in [6.07, 6.45) is 5.50. The number of hydrogen-bond acceptors (Lipinski definition) is 2. The number of rotatable bonds is 9. The van der Waals surface area contributed by atoms with Gasteiger partial charge in [0.1, 0.15) is 0 Å². The number of carbonyl (C=O) groups excluding carboxylic acids is 2. The summed E-state index contributed by atoms with van der Waals surface area (Å²) in [5.41, 5.74) is 0. The van der Waals surface area contributed by atoms with Crippen LogP contribution in [0.15, 0.2) is 0 Å². The van der Waals surface area contributed by atoms with Crippen molar-refractivity contribution in [1.29, 1.82) is 0 Å². The second-order valence-electron chi connectivity index (χ2n) is 3.12. The summed E-state index contributed by atoms with van der Waals surface area (Å²) in [5.74, 6) is 0. The quantitative estimate of drug-likeness (QED) is 0.604. The van der Waals surface area contributed by atoms with Gasteiger partial charge >= 0.3 is 97.6 Å². The molecule has 0 aromatic carbocycles. The molecule has 0 amide bonds. The molecule has 0 aliphatic heterocycles. The summed E-state index contributed by atoms with van der Waals surface area (Å²) in [6.45, 7) is 4.16. The average Bonchev–Trinajstić information content (AvgIpc) is 2.20. The van der Waals surface area contributed by atoms with E-state index >= 15 is 0 Å². The fraction of sp³-hybridized carbons (Fsp3) is 0.800. The zero-order valence-corrected chi connectivity index (χ0v) is 12.3. The van der Waals surface area contributed by atoms with E-state index in [0.717, 1.165) is 25.7 Å². The Bertz CT molecular complexity index is 161. The third-order valence-electron chi connectivity index (χ3n) is 1.70. The molecule has 0 atom stereocenters. The SMILES string of the molecule is CCCCC(=O)[Se][Se]C(=O)CCCC. The van der Waals surface area contributed by atoms with Gasteiger partial charge in [0.25, 0.3) is 0 Å². The molecule has 0 fully saturated rings. The van der Waals surface area contributed by atoms with Crippen molar-refractivity contribution in [2.75, 3.05) is 0 Å². The van der Waals surface area contributed by atoms with Crippen LogP contribution in [0.25, 0.3) is 0 Å². The van der Waals surface area contributed by atoms with Gasteiger partial charge in [-0.2, -0.15) is 0 Å². The summed E-state index contributed by atoms with van der Waals surface area (Å²) in [6, 6.07) is 0. The second kappa shape index (κ2) is 9.92. The topological polar surface area (TPSA) is 34.1 Å². The Balaban J connectivity index is 3.41. The predicted molar refractivity (Wildman–Crippen MR) is 60.6 cm³/mol. The summed E-state index contributed by atoms with van der Waals surface area (Å²) in [7, 11) is 0. The van der Waals surface area contributed by atoms with Crippen LogP contribution in [0.1, 0.15) is 52.4 Å². The van der Waals surface area contributed by atoms with Crippen LogP contribution in [-0.4, -0.2) is 35.6 Å². The van der Waals surface area contributed by atoms with Gasteiger partial charge in [-0.15, -0.1) is 0 Å².